The normalized spacial score (nSPS) is 19.3. The first-order valence-electron chi connectivity index (χ1n) is 8.83. The van der Waals surface area contributed by atoms with E-state index in [1.54, 1.807) is 0 Å². The van der Waals surface area contributed by atoms with Crippen LogP contribution in [0.3, 0.4) is 0 Å². The Balaban J connectivity index is 1.86. The number of fused-ring (bicyclic) bond motifs is 1. The van der Waals surface area contributed by atoms with Crippen molar-refractivity contribution < 1.29 is 0 Å². The smallest absolute Gasteiger partial charge is 0.223 e. The Bertz CT molecular complexity index is 731. The predicted molar refractivity (Wildman–Crippen MR) is 85.8 cm³/mol. The first-order valence-corrected chi connectivity index (χ1v) is 8.83. The number of imidazole rings is 1. The van der Waals surface area contributed by atoms with E-state index in [0.717, 1.165) is 42.1 Å². The average molecular weight is 299 g/mol. The Hall–Kier alpha value is -1.65. The van der Waals surface area contributed by atoms with Gasteiger partial charge in [0.15, 0.2) is 5.65 Å². The van der Waals surface area contributed by atoms with Crippen LogP contribution in [0.4, 0.5) is 0 Å². The average Bonchev–Trinajstić information content (AvgIpc) is 3.05. The molecule has 0 spiro atoms. The van der Waals surface area contributed by atoms with E-state index in [4.69, 9.17) is 10.4 Å². The van der Waals surface area contributed by atoms with Crippen molar-refractivity contribution >= 4 is 11.2 Å². The van der Waals surface area contributed by atoms with E-state index >= 15 is 0 Å². The summed E-state index contributed by atoms with van der Waals surface area (Å²) in [7, 11) is 0. The zero-order valence-corrected chi connectivity index (χ0v) is 13.4. The Labute approximate surface area is 130 Å². The summed E-state index contributed by atoms with van der Waals surface area (Å²) < 4.78 is 2.00. The van der Waals surface area contributed by atoms with Gasteiger partial charge in [-0.15, -0.1) is 0 Å². The summed E-state index contributed by atoms with van der Waals surface area (Å²) in [5, 5.41) is 8.37. The number of H-pyrrole nitrogens is 1. The van der Waals surface area contributed by atoms with Gasteiger partial charge in [-0.25, -0.2) is 9.97 Å². The molecular weight excluding hydrogens is 274 g/mol. The summed E-state index contributed by atoms with van der Waals surface area (Å²) in [6.07, 6.45) is 9.67. The quantitative estimate of drug-likeness (QED) is 0.886. The van der Waals surface area contributed by atoms with Gasteiger partial charge in [-0.05, 0) is 32.1 Å². The molecule has 22 heavy (non-hydrogen) atoms. The number of rotatable bonds is 5. The van der Waals surface area contributed by atoms with Crippen LogP contribution in [0.2, 0.25) is 0 Å². The number of hydrogen-bond acceptors (Lipinski definition) is 3. The topological polar surface area (TPSA) is 70.3 Å². The molecule has 2 aliphatic rings. The number of unbranched alkanes of at least 4 members (excludes halogenated alkanes) is 1. The fourth-order valence-corrected chi connectivity index (χ4v) is 3.66. The minimum absolute atomic E-state index is 0.386. The summed E-state index contributed by atoms with van der Waals surface area (Å²) in [5.74, 6) is 2.24. The van der Waals surface area contributed by atoms with E-state index < -0.39 is 0 Å². The van der Waals surface area contributed by atoms with E-state index in [-0.39, 0.29) is 0 Å². The molecule has 0 atom stereocenters. The summed E-state index contributed by atoms with van der Waals surface area (Å²) in [6, 6.07) is 0. The molecule has 2 aromatic rings. The summed E-state index contributed by atoms with van der Waals surface area (Å²) in [5.41, 5.74) is 3.57. The van der Waals surface area contributed by atoms with Crippen LogP contribution < -0.4 is 5.62 Å². The minimum atomic E-state index is 0.386. The second-order valence-corrected chi connectivity index (χ2v) is 6.90. The van der Waals surface area contributed by atoms with Crippen molar-refractivity contribution in [2.24, 2.45) is 0 Å². The van der Waals surface area contributed by atoms with Gasteiger partial charge in [0.25, 0.3) is 0 Å². The summed E-state index contributed by atoms with van der Waals surface area (Å²) in [6.45, 7) is 3.03. The second-order valence-electron chi connectivity index (χ2n) is 6.90. The molecule has 118 valence electrons. The SMILES string of the molecule is CCCCn1c(=N)nc(C2CCCC2)c2[nH]c(C3CC3)nc21. The highest BCUT2D eigenvalue weighted by Crippen LogP contribution is 2.40. The van der Waals surface area contributed by atoms with Gasteiger partial charge in [0.1, 0.15) is 11.3 Å². The van der Waals surface area contributed by atoms with Crippen molar-refractivity contribution in [2.45, 2.75) is 76.7 Å². The van der Waals surface area contributed by atoms with Crippen molar-refractivity contribution in [3.05, 3.63) is 17.1 Å². The number of nitrogens with one attached hydrogen (secondary N) is 2. The Morgan fingerprint density at radius 1 is 1.14 bits per heavy atom. The predicted octanol–water partition coefficient (Wildman–Crippen LogP) is 3.57. The number of aromatic nitrogens is 4. The lowest BCUT2D eigenvalue weighted by atomic mass is 10.0. The lowest BCUT2D eigenvalue weighted by Crippen LogP contribution is -2.26. The molecule has 0 amide bonds. The van der Waals surface area contributed by atoms with Crippen LogP contribution in [-0.2, 0) is 6.54 Å². The van der Waals surface area contributed by atoms with Crippen molar-refractivity contribution in [1.82, 2.24) is 19.5 Å². The van der Waals surface area contributed by atoms with Gasteiger partial charge < -0.3 is 4.98 Å². The van der Waals surface area contributed by atoms with Crippen LogP contribution in [0.15, 0.2) is 0 Å². The summed E-state index contributed by atoms with van der Waals surface area (Å²) in [4.78, 5) is 13.1. The molecule has 0 bridgehead atoms. The van der Waals surface area contributed by atoms with Gasteiger partial charge in [0, 0.05) is 18.4 Å². The van der Waals surface area contributed by atoms with E-state index in [2.05, 4.69) is 16.9 Å². The molecule has 0 aliphatic heterocycles. The lowest BCUT2D eigenvalue weighted by Gasteiger charge is -2.13. The van der Waals surface area contributed by atoms with Gasteiger partial charge in [-0.1, -0.05) is 26.2 Å². The van der Waals surface area contributed by atoms with Crippen LogP contribution in [0, 0.1) is 5.41 Å². The zero-order chi connectivity index (χ0) is 15.1. The van der Waals surface area contributed by atoms with Crippen LogP contribution in [0.1, 0.15) is 81.6 Å². The van der Waals surface area contributed by atoms with Gasteiger partial charge >= 0.3 is 0 Å². The molecule has 2 aromatic heterocycles. The molecule has 2 heterocycles. The number of aromatic amines is 1. The van der Waals surface area contributed by atoms with E-state index in [1.807, 2.05) is 4.57 Å². The third-order valence-electron chi connectivity index (χ3n) is 5.14. The second kappa shape index (κ2) is 5.52. The minimum Gasteiger partial charge on any atom is -0.339 e. The van der Waals surface area contributed by atoms with Gasteiger partial charge in [0.2, 0.25) is 5.62 Å². The van der Waals surface area contributed by atoms with E-state index in [0.29, 0.717) is 17.5 Å². The molecular formula is C17H25N5. The molecule has 2 saturated carbocycles. The largest absolute Gasteiger partial charge is 0.339 e. The molecule has 5 nitrogen and oxygen atoms in total. The van der Waals surface area contributed by atoms with Gasteiger partial charge in [-0.2, -0.15) is 0 Å². The Kier molecular flexibility index (Phi) is 3.51. The van der Waals surface area contributed by atoms with Gasteiger partial charge in [0.05, 0.1) is 5.69 Å². The highest BCUT2D eigenvalue weighted by Gasteiger charge is 2.29. The highest BCUT2D eigenvalue weighted by molar-refractivity contribution is 5.74. The third-order valence-corrected chi connectivity index (χ3v) is 5.14. The Morgan fingerprint density at radius 2 is 1.91 bits per heavy atom. The molecule has 4 rings (SSSR count). The van der Waals surface area contributed by atoms with Crippen LogP contribution >= 0.6 is 0 Å². The maximum atomic E-state index is 8.37. The zero-order valence-electron chi connectivity index (χ0n) is 13.4. The van der Waals surface area contributed by atoms with Crippen molar-refractivity contribution in [3.63, 3.8) is 0 Å². The van der Waals surface area contributed by atoms with Crippen LogP contribution in [0.25, 0.3) is 11.2 Å². The van der Waals surface area contributed by atoms with Crippen molar-refractivity contribution in [2.75, 3.05) is 0 Å². The molecule has 2 fully saturated rings. The lowest BCUT2D eigenvalue weighted by molar-refractivity contribution is 0.587. The molecule has 0 unspecified atom stereocenters. The maximum Gasteiger partial charge on any atom is 0.223 e. The molecule has 2 aliphatic carbocycles. The van der Waals surface area contributed by atoms with Crippen LogP contribution in [-0.4, -0.2) is 19.5 Å². The van der Waals surface area contributed by atoms with Crippen LogP contribution in [0.5, 0.6) is 0 Å². The standard InChI is InChI=1S/C17H25N5/c1-2-3-10-22-16-14(19-15(21-16)12-8-9-12)13(20-17(22)18)11-6-4-5-7-11/h11-12,18H,2-10H2,1H3,(H,19,21). The molecule has 0 aromatic carbocycles. The van der Waals surface area contributed by atoms with E-state index in [9.17, 15) is 0 Å². The summed E-state index contributed by atoms with van der Waals surface area (Å²) >= 11 is 0. The van der Waals surface area contributed by atoms with Gasteiger partial charge in [-0.3, -0.25) is 9.98 Å². The molecule has 2 N–H and O–H groups in total. The molecule has 0 radical (unpaired) electrons. The molecule has 0 saturated heterocycles. The van der Waals surface area contributed by atoms with E-state index in [1.165, 1.54) is 38.5 Å². The fraction of sp³-hybridized carbons (Fsp3) is 0.706. The molecule has 5 heteroatoms. The first kappa shape index (κ1) is 14.0. The Morgan fingerprint density at radius 3 is 2.59 bits per heavy atom. The monoisotopic (exact) mass is 299 g/mol. The number of aryl methyl sites for hydroxylation is 1. The first-order chi connectivity index (χ1) is 10.8. The van der Waals surface area contributed by atoms with Crippen molar-refractivity contribution in [1.29, 1.82) is 5.41 Å². The highest BCUT2D eigenvalue weighted by atomic mass is 15.2. The van der Waals surface area contributed by atoms with Crippen molar-refractivity contribution in [3.8, 4) is 0 Å². The number of hydrogen-bond donors (Lipinski definition) is 2. The number of nitrogens with zero attached hydrogens (tertiary/aromatic N) is 3. The third kappa shape index (κ3) is 2.36. The maximum absolute atomic E-state index is 8.37. The fourth-order valence-electron chi connectivity index (χ4n) is 3.66.